The monoisotopic (exact) mass is 156 g/mol. The van der Waals surface area contributed by atoms with Gasteiger partial charge in [-0.3, -0.25) is 5.01 Å². The van der Waals surface area contributed by atoms with Gasteiger partial charge in [0.05, 0.1) is 6.17 Å². The number of hydrogen-bond donors (Lipinski definition) is 2. The van der Waals surface area contributed by atoms with Crippen LogP contribution in [0.15, 0.2) is 12.4 Å². The highest BCUT2D eigenvalue weighted by Gasteiger charge is 2.09. The van der Waals surface area contributed by atoms with Crippen molar-refractivity contribution in [3.8, 4) is 0 Å². The maximum Gasteiger partial charge on any atom is 0.104 e. The lowest BCUT2D eigenvalue weighted by Crippen LogP contribution is -2.46. The van der Waals surface area contributed by atoms with Crippen LogP contribution in [0.3, 0.4) is 0 Å². The Kier molecular flexibility index (Phi) is 2.73. The minimum atomic E-state index is 0.0612. The second-order valence-corrected chi connectivity index (χ2v) is 2.81. The van der Waals surface area contributed by atoms with Crippen LogP contribution in [-0.2, 0) is 0 Å². The first-order valence-corrected chi connectivity index (χ1v) is 3.89. The van der Waals surface area contributed by atoms with Crippen LogP contribution in [0.2, 0.25) is 0 Å². The lowest BCUT2D eigenvalue weighted by Gasteiger charge is -2.22. The number of hydrazine groups is 1. The second-order valence-electron chi connectivity index (χ2n) is 2.81. The van der Waals surface area contributed by atoms with Gasteiger partial charge in [-0.25, -0.2) is 5.43 Å². The Morgan fingerprint density at radius 3 is 2.82 bits per heavy atom. The lowest BCUT2D eigenvalue weighted by molar-refractivity contribution is 0.192. The van der Waals surface area contributed by atoms with Gasteiger partial charge in [0.2, 0.25) is 0 Å². The molecule has 4 nitrogen and oxygen atoms in total. The summed E-state index contributed by atoms with van der Waals surface area (Å²) in [6.07, 6.45) is 4.99. The van der Waals surface area contributed by atoms with E-state index in [9.17, 15) is 0 Å². The summed E-state index contributed by atoms with van der Waals surface area (Å²) in [6.45, 7) is 2.93. The molecule has 64 valence electrons. The van der Waals surface area contributed by atoms with E-state index in [0.29, 0.717) is 0 Å². The minimum absolute atomic E-state index is 0.0612. The number of hydrogen-bond acceptors (Lipinski definition) is 4. The zero-order valence-corrected chi connectivity index (χ0v) is 7.12. The first kappa shape index (κ1) is 8.36. The fraction of sp³-hybridized carbons (Fsp3) is 0.714. The molecule has 0 aromatic rings. The Morgan fingerprint density at radius 1 is 1.64 bits per heavy atom. The third kappa shape index (κ3) is 2.40. The Balaban J connectivity index is 2.24. The maximum atomic E-state index is 5.69. The summed E-state index contributed by atoms with van der Waals surface area (Å²) in [7, 11) is 2.02. The van der Waals surface area contributed by atoms with E-state index in [1.165, 1.54) is 0 Å². The number of nitrogens with zero attached hydrogens (tertiary/aromatic N) is 2. The van der Waals surface area contributed by atoms with Gasteiger partial charge >= 0.3 is 0 Å². The molecule has 0 saturated carbocycles. The SMILES string of the molecule is CCC(N)NN1C=CN(C)C1. The zero-order valence-electron chi connectivity index (χ0n) is 7.12. The standard InChI is InChI=1S/C7H16N4/c1-3-7(8)9-11-5-4-10(2)6-11/h4-5,7,9H,3,6,8H2,1-2H3. The molecule has 0 fully saturated rings. The van der Waals surface area contributed by atoms with E-state index < -0.39 is 0 Å². The molecule has 0 saturated heterocycles. The first-order chi connectivity index (χ1) is 5.22. The zero-order chi connectivity index (χ0) is 8.27. The van der Waals surface area contributed by atoms with Gasteiger partial charge < -0.3 is 10.6 Å². The molecule has 0 bridgehead atoms. The third-order valence-corrected chi connectivity index (χ3v) is 1.65. The highest BCUT2D eigenvalue weighted by atomic mass is 15.6. The number of nitrogens with one attached hydrogen (secondary N) is 1. The molecule has 3 N–H and O–H groups in total. The van der Waals surface area contributed by atoms with Crippen molar-refractivity contribution in [1.29, 1.82) is 0 Å². The predicted octanol–water partition coefficient (Wildman–Crippen LogP) is -0.138. The van der Waals surface area contributed by atoms with Crippen molar-refractivity contribution in [2.45, 2.75) is 19.5 Å². The van der Waals surface area contributed by atoms with Crippen LogP contribution in [-0.4, -0.2) is 29.8 Å². The Bertz CT molecular complexity index is 145. The van der Waals surface area contributed by atoms with Crippen LogP contribution in [0.4, 0.5) is 0 Å². The van der Waals surface area contributed by atoms with Gasteiger partial charge in [0.15, 0.2) is 0 Å². The molecule has 1 rings (SSSR count). The van der Waals surface area contributed by atoms with Crippen molar-refractivity contribution in [1.82, 2.24) is 15.3 Å². The van der Waals surface area contributed by atoms with Crippen LogP contribution < -0.4 is 11.2 Å². The Morgan fingerprint density at radius 2 is 2.36 bits per heavy atom. The van der Waals surface area contributed by atoms with Gasteiger partial charge in [0.25, 0.3) is 0 Å². The molecule has 0 aromatic heterocycles. The molecule has 1 aliphatic rings. The summed E-state index contributed by atoms with van der Waals surface area (Å²) in [5.74, 6) is 0. The van der Waals surface area contributed by atoms with Gasteiger partial charge in [-0.05, 0) is 6.42 Å². The van der Waals surface area contributed by atoms with Gasteiger partial charge in [0.1, 0.15) is 6.67 Å². The smallest absolute Gasteiger partial charge is 0.104 e. The van der Waals surface area contributed by atoms with Gasteiger partial charge in [0, 0.05) is 19.4 Å². The highest BCUT2D eigenvalue weighted by molar-refractivity contribution is 4.86. The predicted molar refractivity (Wildman–Crippen MR) is 45.0 cm³/mol. The van der Waals surface area contributed by atoms with Crippen LogP contribution in [0.1, 0.15) is 13.3 Å². The van der Waals surface area contributed by atoms with E-state index in [1.807, 2.05) is 24.5 Å². The summed E-state index contributed by atoms with van der Waals surface area (Å²) < 4.78 is 0. The Hall–Kier alpha value is -0.740. The molecule has 11 heavy (non-hydrogen) atoms. The molecule has 1 heterocycles. The lowest BCUT2D eigenvalue weighted by atomic mass is 10.4. The van der Waals surface area contributed by atoms with E-state index in [1.54, 1.807) is 0 Å². The van der Waals surface area contributed by atoms with Crippen LogP contribution in [0, 0.1) is 0 Å². The third-order valence-electron chi connectivity index (χ3n) is 1.65. The molecule has 4 heteroatoms. The van der Waals surface area contributed by atoms with Crippen molar-refractivity contribution in [2.75, 3.05) is 13.7 Å². The molecule has 0 radical (unpaired) electrons. The average molecular weight is 156 g/mol. The van der Waals surface area contributed by atoms with Gasteiger partial charge in [-0.15, -0.1) is 0 Å². The molecule has 0 amide bonds. The molecule has 1 aliphatic heterocycles. The van der Waals surface area contributed by atoms with E-state index >= 15 is 0 Å². The normalized spacial score (nSPS) is 19.5. The van der Waals surface area contributed by atoms with Crippen LogP contribution in [0.25, 0.3) is 0 Å². The van der Waals surface area contributed by atoms with Crippen molar-refractivity contribution in [3.05, 3.63) is 12.4 Å². The first-order valence-electron chi connectivity index (χ1n) is 3.89. The summed E-state index contributed by atoms with van der Waals surface area (Å²) in [5, 5.41) is 1.98. The van der Waals surface area contributed by atoms with Gasteiger partial charge in [-0.1, -0.05) is 6.92 Å². The van der Waals surface area contributed by atoms with E-state index in [4.69, 9.17) is 5.73 Å². The summed E-state index contributed by atoms with van der Waals surface area (Å²) in [6, 6.07) is 0. The molecule has 0 aromatic carbocycles. The van der Waals surface area contributed by atoms with Crippen molar-refractivity contribution < 1.29 is 0 Å². The van der Waals surface area contributed by atoms with Gasteiger partial charge in [-0.2, -0.15) is 0 Å². The van der Waals surface area contributed by atoms with E-state index in [-0.39, 0.29) is 6.17 Å². The van der Waals surface area contributed by atoms with E-state index in [0.717, 1.165) is 13.1 Å². The largest absolute Gasteiger partial charge is 0.360 e. The molecule has 0 aliphatic carbocycles. The topological polar surface area (TPSA) is 44.5 Å². The van der Waals surface area contributed by atoms with Crippen LogP contribution in [0.5, 0.6) is 0 Å². The van der Waals surface area contributed by atoms with Crippen molar-refractivity contribution in [2.24, 2.45) is 5.73 Å². The van der Waals surface area contributed by atoms with Crippen molar-refractivity contribution in [3.63, 3.8) is 0 Å². The minimum Gasteiger partial charge on any atom is -0.360 e. The molecular formula is C7H16N4. The summed E-state index contributed by atoms with van der Waals surface area (Å²) in [5.41, 5.74) is 8.83. The second kappa shape index (κ2) is 3.59. The molecule has 0 spiro atoms. The highest BCUT2D eigenvalue weighted by Crippen LogP contribution is 2.00. The summed E-state index contributed by atoms with van der Waals surface area (Å²) >= 11 is 0. The fourth-order valence-corrected chi connectivity index (χ4v) is 0.917. The summed E-state index contributed by atoms with van der Waals surface area (Å²) in [4.78, 5) is 2.08. The number of rotatable bonds is 3. The Labute approximate surface area is 67.6 Å². The molecule has 1 atom stereocenters. The average Bonchev–Trinajstić information content (AvgIpc) is 2.35. The number of nitrogens with two attached hydrogens (primary N) is 1. The van der Waals surface area contributed by atoms with Crippen molar-refractivity contribution >= 4 is 0 Å². The van der Waals surface area contributed by atoms with E-state index in [2.05, 4.69) is 17.2 Å². The molecule has 1 unspecified atom stereocenters. The fourth-order valence-electron chi connectivity index (χ4n) is 0.917. The molecular weight excluding hydrogens is 140 g/mol. The quantitative estimate of drug-likeness (QED) is 0.558. The van der Waals surface area contributed by atoms with Crippen LogP contribution >= 0.6 is 0 Å². The maximum absolute atomic E-state index is 5.69.